The topological polar surface area (TPSA) is 20.2 Å². The minimum absolute atomic E-state index is 0.262. The molecule has 0 unspecified atom stereocenters. The molecule has 0 saturated carbocycles. The van der Waals surface area contributed by atoms with Crippen molar-refractivity contribution in [1.29, 1.82) is 0 Å². The summed E-state index contributed by atoms with van der Waals surface area (Å²) in [4.78, 5) is 0. The molecule has 0 aliphatic rings. The summed E-state index contributed by atoms with van der Waals surface area (Å²) in [7, 11) is 0. The van der Waals surface area contributed by atoms with Crippen molar-refractivity contribution in [1.82, 2.24) is 0 Å². The van der Waals surface area contributed by atoms with Crippen LogP contribution in [0.3, 0.4) is 0 Å². The number of phenolic OH excluding ortho intramolecular Hbond substituents is 1. The predicted octanol–water partition coefficient (Wildman–Crippen LogP) is 3.17. The van der Waals surface area contributed by atoms with Crippen LogP contribution in [0.15, 0.2) is 18.2 Å². The fourth-order valence-electron chi connectivity index (χ4n) is 0.911. The Morgan fingerprint density at radius 2 is 2.15 bits per heavy atom. The molecule has 0 saturated heterocycles. The third kappa shape index (κ3) is 3.27. The molecule has 72 valence electrons. The summed E-state index contributed by atoms with van der Waals surface area (Å²) >= 11 is 1.77. The van der Waals surface area contributed by atoms with Gasteiger partial charge in [0.2, 0.25) is 0 Å². The molecule has 0 amide bonds. The van der Waals surface area contributed by atoms with Crippen molar-refractivity contribution in [3.63, 3.8) is 0 Å². The van der Waals surface area contributed by atoms with Crippen molar-refractivity contribution in [3.8, 4) is 5.75 Å². The Bertz CT molecular complexity index is 286. The van der Waals surface area contributed by atoms with E-state index in [0.717, 1.165) is 11.3 Å². The van der Waals surface area contributed by atoms with Crippen LogP contribution in [-0.2, 0) is 5.75 Å². The zero-order valence-electron chi connectivity index (χ0n) is 7.75. The maximum atomic E-state index is 12.6. The molecule has 0 spiro atoms. The highest BCUT2D eigenvalue weighted by atomic mass is 32.2. The van der Waals surface area contributed by atoms with Crippen LogP contribution in [0.2, 0.25) is 0 Å². The number of phenols is 1. The van der Waals surface area contributed by atoms with Crippen LogP contribution in [0.1, 0.15) is 19.4 Å². The second kappa shape index (κ2) is 4.51. The normalized spacial score (nSPS) is 10.8. The van der Waals surface area contributed by atoms with E-state index in [2.05, 4.69) is 13.8 Å². The van der Waals surface area contributed by atoms with Gasteiger partial charge in [0.15, 0.2) is 11.6 Å². The first-order chi connectivity index (χ1) is 6.09. The molecule has 0 atom stereocenters. The number of hydrogen-bond acceptors (Lipinski definition) is 2. The number of thioether (sulfide) groups is 1. The lowest BCUT2D eigenvalue weighted by atomic mass is 10.2. The molecular weight excluding hydrogens is 187 g/mol. The van der Waals surface area contributed by atoms with Crippen LogP contribution in [0.5, 0.6) is 5.75 Å². The van der Waals surface area contributed by atoms with Gasteiger partial charge >= 0.3 is 0 Å². The molecule has 1 rings (SSSR count). The SMILES string of the molecule is CC(C)SCc1ccc(F)c(O)c1. The zero-order chi connectivity index (χ0) is 9.84. The molecule has 1 nitrogen and oxygen atoms in total. The van der Waals surface area contributed by atoms with E-state index in [1.807, 2.05) is 0 Å². The van der Waals surface area contributed by atoms with E-state index >= 15 is 0 Å². The molecular formula is C10H13FOS. The lowest BCUT2D eigenvalue weighted by molar-refractivity contribution is 0.432. The van der Waals surface area contributed by atoms with E-state index < -0.39 is 5.82 Å². The highest BCUT2D eigenvalue weighted by molar-refractivity contribution is 7.99. The molecule has 13 heavy (non-hydrogen) atoms. The molecule has 0 bridgehead atoms. The first kappa shape index (κ1) is 10.4. The standard InChI is InChI=1S/C10H13FOS/c1-7(2)13-6-8-3-4-9(11)10(12)5-8/h3-5,7,12H,6H2,1-2H3. The van der Waals surface area contributed by atoms with Gasteiger partial charge in [0.25, 0.3) is 0 Å². The number of aromatic hydroxyl groups is 1. The van der Waals surface area contributed by atoms with Gasteiger partial charge in [0.05, 0.1) is 0 Å². The van der Waals surface area contributed by atoms with Gasteiger partial charge in [-0.1, -0.05) is 19.9 Å². The fourth-order valence-corrected chi connectivity index (χ4v) is 1.62. The maximum Gasteiger partial charge on any atom is 0.164 e. The monoisotopic (exact) mass is 200 g/mol. The highest BCUT2D eigenvalue weighted by Crippen LogP contribution is 2.22. The van der Waals surface area contributed by atoms with Gasteiger partial charge in [0, 0.05) is 5.75 Å². The number of benzene rings is 1. The van der Waals surface area contributed by atoms with Crippen LogP contribution >= 0.6 is 11.8 Å². The lowest BCUT2D eigenvalue weighted by Crippen LogP contribution is -1.89. The third-order valence-electron chi connectivity index (χ3n) is 1.59. The number of rotatable bonds is 3. The quantitative estimate of drug-likeness (QED) is 0.808. The molecule has 0 fully saturated rings. The molecule has 0 aromatic heterocycles. The maximum absolute atomic E-state index is 12.6. The van der Waals surface area contributed by atoms with Crippen molar-refractivity contribution < 1.29 is 9.50 Å². The van der Waals surface area contributed by atoms with Gasteiger partial charge in [-0.25, -0.2) is 4.39 Å². The van der Waals surface area contributed by atoms with Gasteiger partial charge in [-0.3, -0.25) is 0 Å². The van der Waals surface area contributed by atoms with Crippen LogP contribution in [0, 0.1) is 5.82 Å². The molecule has 0 aliphatic heterocycles. The van der Waals surface area contributed by atoms with Crippen LogP contribution in [-0.4, -0.2) is 10.4 Å². The summed E-state index contributed by atoms with van der Waals surface area (Å²) < 4.78 is 12.6. The Morgan fingerprint density at radius 1 is 1.46 bits per heavy atom. The van der Waals surface area contributed by atoms with Crippen LogP contribution in [0.4, 0.5) is 4.39 Å². The van der Waals surface area contributed by atoms with E-state index in [-0.39, 0.29) is 5.75 Å². The Kier molecular flexibility index (Phi) is 3.60. The third-order valence-corrected chi connectivity index (χ3v) is 2.76. The molecule has 1 aromatic carbocycles. The molecule has 0 aliphatic carbocycles. The van der Waals surface area contributed by atoms with Gasteiger partial charge in [-0.2, -0.15) is 11.8 Å². The molecule has 0 heterocycles. The van der Waals surface area contributed by atoms with Crippen LogP contribution in [0.25, 0.3) is 0 Å². The van der Waals surface area contributed by atoms with Crippen molar-refractivity contribution in [2.45, 2.75) is 24.9 Å². The summed E-state index contributed by atoms with van der Waals surface area (Å²) in [5.74, 6) is -0.00828. The van der Waals surface area contributed by atoms with Crippen molar-refractivity contribution >= 4 is 11.8 Å². The van der Waals surface area contributed by atoms with E-state index in [1.165, 1.54) is 12.1 Å². The number of hydrogen-bond donors (Lipinski definition) is 1. The van der Waals surface area contributed by atoms with E-state index in [4.69, 9.17) is 5.11 Å². The summed E-state index contributed by atoms with van der Waals surface area (Å²) in [5, 5.41) is 9.63. The summed E-state index contributed by atoms with van der Waals surface area (Å²) in [6, 6.07) is 4.47. The Hall–Kier alpha value is -0.700. The Balaban J connectivity index is 2.63. The summed E-state index contributed by atoms with van der Waals surface area (Å²) in [6.45, 7) is 4.21. The van der Waals surface area contributed by atoms with Crippen molar-refractivity contribution in [2.24, 2.45) is 0 Å². The van der Waals surface area contributed by atoms with Gasteiger partial charge in [-0.15, -0.1) is 0 Å². The van der Waals surface area contributed by atoms with Gasteiger partial charge in [-0.05, 0) is 22.9 Å². The minimum atomic E-state index is -0.557. The average Bonchev–Trinajstić information content (AvgIpc) is 2.07. The smallest absolute Gasteiger partial charge is 0.164 e. The minimum Gasteiger partial charge on any atom is -0.505 e. The second-order valence-corrected chi connectivity index (χ2v) is 4.71. The van der Waals surface area contributed by atoms with E-state index in [1.54, 1.807) is 17.8 Å². The van der Waals surface area contributed by atoms with Gasteiger partial charge in [0.1, 0.15) is 0 Å². The molecule has 1 N–H and O–H groups in total. The molecule has 0 radical (unpaired) electrons. The first-order valence-corrected chi connectivity index (χ1v) is 5.23. The second-order valence-electron chi connectivity index (χ2n) is 3.15. The van der Waals surface area contributed by atoms with Crippen LogP contribution < -0.4 is 0 Å². The largest absolute Gasteiger partial charge is 0.505 e. The molecule has 1 aromatic rings. The number of halogens is 1. The Morgan fingerprint density at radius 3 is 2.69 bits per heavy atom. The fraction of sp³-hybridized carbons (Fsp3) is 0.400. The van der Waals surface area contributed by atoms with Gasteiger partial charge < -0.3 is 5.11 Å². The zero-order valence-corrected chi connectivity index (χ0v) is 8.57. The predicted molar refractivity (Wildman–Crippen MR) is 54.5 cm³/mol. The highest BCUT2D eigenvalue weighted by Gasteiger charge is 2.02. The average molecular weight is 200 g/mol. The molecule has 3 heteroatoms. The van der Waals surface area contributed by atoms with Crippen molar-refractivity contribution in [2.75, 3.05) is 0 Å². The Labute approximate surface area is 82.0 Å². The first-order valence-electron chi connectivity index (χ1n) is 4.18. The van der Waals surface area contributed by atoms with E-state index in [9.17, 15) is 4.39 Å². The summed E-state index contributed by atoms with van der Waals surface area (Å²) in [6.07, 6.45) is 0. The lowest BCUT2D eigenvalue weighted by Gasteiger charge is -2.05. The summed E-state index contributed by atoms with van der Waals surface area (Å²) in [5.41, 5.74) is 0.956. The van der Waals surface area contributed by atoms with Crippen molar-refractivity contribution in [3.05, 3.63) is 29.6 Å². The van der Waals surface area contributed by atoms with E-state index in [0.29, 0.717) is 5.25 Å².